The molecule has 2 aromatic rings. The van der Waals surface area contributed by atoms with Crippen molar-refractivity contribution in [2.45, 2.75) is 45.8 Å². The van der Waals surface area contributed by atoms with Crippen LogP contribution in [-0.2, 0) is 30.2 Å². The van der Waals surface area contributed by atoms with Gasteiger partial charge in [-0.2, -0.15) is 0 Å². The maximum absolute atomic E-state index is 12.6. The Bertz CT molecular complexity index is 1000. The smallest absolute Gasteiger partial charge is 0.408 e. The topological polar surface area (TPSA) is 103 Å². The first-order valence-electron chi connectivity index (χ1n) is 10.6. The number of esters is 2. The third-order valence-corrected chi connectivity index (χ3v) is 4.88. The molecule has 1 unspecified atom stereocenters. The zero-order valence-corrected chi connectivity index (χ0v) is 21.0. The second-order valence-electron chi connectivity index (χ2n) is 8.19. The standard InChI is InChI=1S/C24H28Cl2N2O6/c1-5-32-22(30)19(28-23(31)34-24(2,3)4)14-33-20(29)13-15-9-6-7-12-18(15)27-21-16(25)10-8-11-17(21)26/h6-12,19,27H,5,13-14H2,1-4H3,(H,28,31). The predicted molar refractivity (Wildman–Crippen MR) is 131 cm³/mol. The number of ether oxygens (including phenoxy) is 3. The van der Waals surface area contributed by atoms with Crippen molar-refractivity contribution < 1.29 is 28.6 Å². The lowest BCUT2D eigenvalue weighted by molar-refractivity contribution is -0.151. The van der Waals surface area contributed by atoms with Crippen LogP contribution in [0.1, 0.15) is 33.3 Å². The number of hydrogen-bond donors (Lipinski definition) is 2. The first-order valence-corrected chi connectivity index (χ1v) is 11.4. The Labute approximate surface area is 208 Å². The first-order chi connectivity index (χ1) is 16.0. The van der Waals surface area contributed by atoms with Crippen molar-refractivity contribution in [1.29, 1.82) is 0 Å². The van der Waals surface area contributed by atoms with Crippen LogP contribution in [0.5, 0.6) is 0 Å². The minimum absolute atomic E-state index is 0.100. The van der Waals surface area contributed by atoms with Crippen molar-refractivity contribution in [3.8, 4) is 0 Å². The molecule has 0 aliphatic carbocycles. The van der Waals surface area contributed by atoms with Gasteiger partial charge in [-0.3, -0.25) is 4.79 Å². The highest BCUT2D eigenvalue weighted by molar-refractivity contribution is 6.39. The van der Waals surface area contributed by atoms with Crippen LogP contribution in [0.3, 0.4) is 0 Å². The minimum atomic E-state index is -1.21. The van der Waals surface area contributed by atoms with E-state index >= 15 is 0 Å². The molecule has 0 aromatic heterocycles. The molecule has 184 valence electrons. The normalized spacial score (nSPS) is 11.8. The zero-order valence-electron chi connectivity index (χ0n) is 19.4. The fourth-order valence-electron chi connectivity index (χ4n) is 2.79. The second-order valence-corrected chi connectivity index (χ2v) is 9.00. The molecule has 2 aromatic carbocycles. The van der Waals surface area contributed by atoms with Crippen molar-refractivity contribution in [2.24, 2.45) is 0 Å². The van der Waals surface area contributed by atoms with Crippen LogP contribution in [0.25, 0.3) is 0 Å². The number of anilines is 2. The van der Waals surface area contributed by atoms with Gasteiger partial charge in [-0.1, -0.05) is 47.5 Å². The quantitative estimate of drug-likeness (QED) is 0.349. The molecule has 0 saturated heterocycles. The SMILES string of the molecule is CCOC(=O)C(COC(=O)Cc1ccccc1Nc1c(Cl)cccc1Cl)NC(=O)OC(C)(C)C. The van der Waals surface area contributed by atoms with Crippen molar-refractivity contribution in [2.75, 3.05) is 18.5 Å². The molecule has 1 amide bonds. The van der Waals surface area contributed by atoms with Gasteiger partial charge in [-0.15, -0.1) is 0 Å². The van der Waals surface area contributed by atoms with Crippen LogP contribution < -0.4 is 10.6 Å². The highest BCUT2D eigenvalue weighted by Gasteiger charge is 2.27. The largest absolute Gasteiger partial charge is 0.464 e. The highest BCUT2D eigenvalue weighted by atomic mass is 35.5. The molecular formula is C24H28Cl2N2O6. The summed E-state index contributed by atoms with van der Waals surface area (Å²) in [6, 6.07) is 11.0. The molecule has 0 fully saturated rings. The van der Waals surface area contributed by atoms with Gasteiger partial charge in [0.05, 0.1) is 28.8 Å². The van der Waals surface area contributed by atoms with Gasteiger partial charge in [0.1, 0.15) is 12.2 Å². The maximum Gasteiger partial charge on any atom is 0.408 e. The van der Waals surface area contributed by atoms with Crippen molar-refractivity contribution in [3.63, 3.8) is 0 Å². The summed E-state index contributed by atoms with van der Waals surface area (Å²) in [7, 11) is 0. The van der Waals surface area contributed by atoms with Crippen molar-refractivity contribution in [3.05, 3.63) is 58.1 Å². The van der Waals surface area contributed by atoms with E-state index in [9.17, 15) is 14.4 Å². The van der Waals surface area contributed by atoms with Gasteiger partial charge < -0.3 is 24.8 Å². The van der Waals surface area contributed by atoms with E-state index in [0.717, 1.165) is 0 Å². The summed E-state index contributed by atoms with van der Waals surface area (Å²) in [4.78, 5) is 36.8. The average Bonchev–Trinajstić information content (AvgIpc) is 2.73. The summed E-state index contributed by atoms with van der Waals surface area (Å²) in [6.45, 7) is 6.38. The van der Waals surface area contributed by atoms with E-state index in [1.807, 2.05) is 0 Å². The molecule has 0 bridgehead atoms. The first kappa shape index (κ1) is 27.3. The molecule has 0 aliphatic heterocycles. The van der Waals surface area contributed by atoms with Crippen LogP contribution in [0.15, 0.2) is 42.5 Å². The third kappa shape index (κ3) is 8.76. The van der Waals surface area contributed by atoms with Gasteiger partial charge >= 0.3 is 18.0 Å². The van der Waals surface area contributed by atoms with E-state index in [1.165, 1.54) is 0 Å². The number of amides is 1. The number of carbonyl (C=O) groups is 3. The van der Waals surface area contributed by atoms with E-state index < -0.39 is 36.3 Å². The Kier molecular flexibility index (Phi) is 10.0. The second kappa shape index (κ2) is 12.5. The lowest BCUT2D eigenvalue weighted by Crippen LogP contribution is -2.47. The van der Waals surface area contributed by atoms with Crippen LogP contribution in [0.2, 0.25) is 10.0 Å². The maximum atomic E-state index is 12.6. The Hall–Kier alpha value is -2.97. The van der Waals surface area contributed by atoms with Crippen LogP contribution >= 0.6 is 23.2 Å². The number of nitrogens with one attached hydrogen (secondary N) is 2. The molecule has 1 atom stereocenters. The molecule has 0 radical (unpaired) electrons. The molecule has 34 heavy (non-hydrogen) atoms. The van der Waals surface area contributed by atoms with Crippen LogP contribution in [-0.4, -0.2) is 42.9 Å². The van der Waals surface area contributed by atoms with Gasteiger partial charge in [0.25, 0.3) is 0 Å². The lowest BCUT2D eigenvalue weighted by Gasteiger charge is -2.22. The Balaban J connectivity index is 2.06. The molecule has 2 N–H and O–H groups in total. The summed E-state index contributed by atoms with van der Waals surface area (Å²) in [6.07, 6.45) is -0.930. The number of para-hydroxylation sites is 2. The number of hydrogen-bond acceptors (Lipinski definition) is 7. The molecule has 0 heterocycles. The summed E-state index contributed by atoms with van der Waals surface area (Å²) in [5, 5.41) is 6.37. The van der Waals surface area contributed by atoms with Gasteiger partial charge in [0, 0.05) is 5.69 Å². The number of carbonyl (C=O) groups excluding carboxylic acids is 3. The Morgan fingerprint density at radius 1 is 0.971 bits per heavy atom. The number of halogens is 2. The van der Waals surface area contributed by atoms with Gasteiger partial charge in [0.15, 0.2) is 6.04 Å². The van der Waals surface area contributed by atoms with E-state index in [-0.39, 0.29) is 13.0 Å². The average molecular weight is 511 g/mol. The summed E-state index contributed by atoms with van der Waals surface area (Å²) in [5.41, 5.74) is 0.983. The fraction of sp³-hybridized carbons (Fsp3) is 0.375. The number of alkyl carbamates (subject to hydrolysis) is 1. The van der Waals surface area contributed by atoms with E-state index in [2.05, 4.69) is 10.6 Å². The monoisotopic (exact) mass is 510 g/mol. The predicted octanol–water partition coefficient (Wildman–Crippen LogP) is 5.28. The molecule has 0 spiro atoms. The lowest BCUT2D eigenvalue weighted by atomic mass is 10.1. The van der Waals surface area contributed by atoms with Crippen molar-refractivity contribution >= 4 is 52.6 Å². The molecule has 2 rings (SSSR count). The van der Waals surface area contributed by atoms with Gasteiger partial charge in [0.2, 0.25) is 0 Å². The van der Waals surface area contributed by atoms with Gasteiger partial charge in [-0.05, 0) is 51.5 Å². The van der Waals surface area contributed by atoms with E-state index in [4.69, 9.17) is 37.4 Å². The molecular weight excluding hydrogens is 483 g/mol. The summed E-state index contributed by atoms with van der Waals surface area (Å²) < 4.78 is 15.4. The number of rotatable bonds is 9. The third-order valence-electron chi connectivity index (χ3n) is 4.25. The highest BCUT2D eigenvalue weighted by Crippen LogP contribution is 2.33. The Morgan fingerprint density at radius 3 is 2.24 bits per heavy atom. The molecule has 0 saturated carbocycles. The minimum Gasteiger partial charge on any atom is -0.464 e. The number of benzene rings is 2. The van der Waals surface area contributed by atoms with E-state index in [1.54, 1.807) is 70.2 Å². The summed E-state index contributed by atoms with van der Waals surface area (Å²) >= 11 is 12.5. The van der Waals surface area contributed by atoms with Crippen LogP contribution in [0, 0.1) is 0 Å². The van der Waals surface area contributed by atoms with Gasteiger partial charge in [-0.25, -0.2) is 9.59 Å². The Morgan fingerprint density at radius 2 is 1.62 bits per heavy atom. The van der Waals surface area contributed by atoms with Crippen molar-refractivity contribution in [1.82, 2.24) is 5.32 Å². The summed E-state index contributed by atoms with van der Waals surface area (Å²) in [5.74, 6) is -1.35. The molecule has 8 nitrogen and oxygen atoms in total. The fourth-order valence-corrected chi connectivity index (χ4v) is 3.28. The molecule has 10 heteroatoms. The van der Waals surface area contributed by atoms with Crippen LogP contribution in [0.4, 0.5) is 16.2 Å². The molecule has 0 aliphatic rings. The van der Waals surface area contributed by atoms with E-state index in [0.29, 0.717) is 27.0 Å². The zero-order chi connectivity index (χ0) is 25.3.